The molecule has 4 rings (SSSR count). The van der Waals surface area contributed by atoms with Gasteiger partial charge in [0.05, 0.1) is 21.3 Å². The van der Waals surface area contributed by atoms with Gasteiger partial charge in [0.1, 0.15) is 0 Å². The topological polar surface area (TPSA) is 73.9 Å². The van der Waals surface area contributed by atoms with Crippen molar-refractivity contribution in [2.75, 3.05) is 21.3 Å². The zero-order valence-corrected chi connectivity index (χ0v) is 19.9. The van der Waals surface area contributed by atoms with Gasteiger partial charge in [0.2, 0.25) is 11.7 Å². The summed E-state index contributed by atoms with van der Waals surface area (Å²) in [4.78, 5) is 26.0. The quantitative estimate of drug-likeness (QED) is 0.683. The summed E-state index contributed by atoms with van der Waals surface area (Å²) in [5.41, 5.74) is 4.66. The number of Topliss-reactive ketones (excluding diaryl/α,β-unsaturated/α-hetero) is 1. The van der Waals surface area contributed by atoms with Crippen molar-refractivity contribution in [1.29, 1.82) is 0 Å². The Balaban J connectivity index is 1.69. The summed E-state index contributed by atoms with van der Waals surface area (Å²) in [7, 11) is 4.71. The van der Waals surface area contributed by atoms with Gasteiger partial charge in [-0.3, -0.25) is 9.59 Å². The number of allylic oxidation sites excluding steroid dienone is 2. The van der Waals surface area contributed by atoms with Crippen LogP contribution in [-0.4, -0.2) is 33.0 Å². The molecule has 0 radical (unpaired) electrons. The van der Waals surface area contributed by atoms with Crippen LogP contribution >= 0.6 is 0 Å². The van der Waals surface area contributed by atoms with E-state index in [0.717, 1.165) is 22.4 Å². The van der Waals surface area contributed by atoms with E-state index < -0.39 is 0 Å². The molecule has 0 spiro atoms. The first-order chi connectivity index (χ1) is 15.9. The molecule has 33 heavy (non-hydrogen) atoms. The Morgan fingerprint density at radius 1 is 0.848 bits per heavy atom. The normalized spacial score (nSPS) is 20.4. The SMILES string of the molecule is COc1cc(C2CC(=O)C3=C(C2)NC(=O)CC3c2ccc(C(C)C)cc2)cc(OC)c1OC. The molecule has 0 fully saturated rings. The summed E-state index contributed by atoms with van der Waals surface area (Å²) >= 11 is 0. The van der Waals surface area contributed by atoms with E-state index in [0.29, 0.717) is 42.4 Å². The highest BCUT2D eigenvalue weighted by atomic mass is 16.5. The third kappa shape index (κ3) is 4.34. The number of ketones is 1. The van der Waals surface area contributed by atoms with Crippen molar-refractivity contribution in [2.45, 2.75) is 50.9 Å². The molecule has 2 aromatic carbocycles. The second kappa shape index (κ2) is 9.30. The Bertz CT molecular complexity index is 1070. The molecule has 174 valence electrons. The van der Waals surface area contributed by atoms with Crippen LogP contribution in [0.1, 0.15) is 67.6 Å². The highest BCUT2D eigenvalue weighted by molar-refractivity contribution is 6.02. The number of benzene rings is 2. The Labute approximate surface area is 194 Å². The third-order valence-electron chi connectivity index (χ3n) is 6.70. The second-order valence-electron chi connectivity index (χ2n) is 9.01. The molecule has 6 heteroatoms. The average Bonchev–Trinajstić information content (AvgIpc) is 2.82. The van der Waals surface area contributed by atoms with Crippen molar-refractivity contribution >= 4 is 11.7 Å². The van der Waals surface area contributed by atoms with E-state index in [1.807, 2.05) is 12.1 Å². The molecule has 1 aliphatic carbocycles. The smallest absolute Gasteiger partial charge is 0.225 e. The van der Waals surface area contributed by atoms with Gasteiger partial charge in [-0.2, -0.15) is 0 Å². The van der Waals surface area contributed by atoms with E-state index in [1.165, 1.54) is 5.56 Å². The highest BCUT2D eigenvalue weighted by Gasteiger charge is 2.38. The Hall–Kier alpha value is -3.28. The van der Waals surface area contributed by atoms with Crippen LogP contribution in [0.2, 0.25) is 0 Å². The minimum absolute atomic E-state index is 0.0509. The summed E-state index contributed by atoms with van der Waals surface area (Å²) in [6.45, 7) is 4.30. The predicted molar refractivity (Wildman–Crippen MR) is 126 cm³/mol. The summed E-state index contributed by atoms with van der Waals surface area (Å²) in [5, 5.41) is 2.99. The molecule has 2 atom stereocenters. The van der Waals surface area contributed by atoms with Crippen molar-refractivity contribution in [3.63, 3.8) is 0 Å². The van der Waals surface area contributed by atoms with Crippen LogP contribution in [0.15, 0.2) is 47.7 Å². The third-order valence-corrected chi connectivity index (χ3v) is 6.70. The standard InChI is InChI=1S/C27H31NO5/c1-15(2)16-6-8-17(9-7-16)20-14-25(30)28-21-10-18(11-22(29)26(20)21)19-12-23(31-3)27(33-5)24(13-19)32-4/h6-9,12-13,15,18,20H,10-11,14H2,1-5H3,(H,28,30). The highest BCUT2D eigenvalue weighted by Crippen LogP contribution is 2.46. The van der Waals surface area contributed by atoms with Crippen molar-refractivity contribution < 1.29 is 23.8 Å². The predicted octanol–water partition coefficient (Wildman–Crippen LogP) is 4.84. The maximum absolute atomic E-state index is 13.4. The molecule has 6 nitrogen and oxygen atoms in total. The molecular weight excluding hydrogens is 418 g/mol. The van der Waals surface area contributed by atoms with E-state index in [9.17, 15) is 9.59 Å². The van der Waals surface area contributed by atoms with Crippen molar-refractivity contribution in [1.82, 2.24) is 5.32 Å². The second-order valence-corrected chi connectivity index (χ2v) is 9.01. The van der Waals surface area contributed by atoms with Crippen LogP contribution in [0.5, 0.6) is 17.2 Å². The lowest BCUT2D eigenvalue weighted by atomic mass is 9.73. The minimum Gasteiger partial charge on any atom is -0.493 e. The van der Waals surface area contributed by atoms with Gasteiger partial charge in [-0.1, -0.05) is 38.1 Å². The lowest BCUT2D eigenvalue weighted by Crippen LogP contribution is -2.38. The number of nitrogens with one attached hydrogen (secondary N) is 1. The molecule has 1 amide bonds. The monoisotopic (exact) mass is 449 g/mol. The van der Waals surface area contributed by atoms with Crippen LogP contribution in [0.3, 0.4) is 0 Å². The molecule has 0 bridgehead atoms. The lowest BCUT2D eigenvalue weighted by molar-refractivity contribution is -0.122. The maximum atomic E-state index is 13.4. The Morgan fingerprint density at radius 3 is 2.03 bits per heavy atom. The Kier molecular flexibility index (Phi) is 6.45. The fourth-order valence-electron chi connectivity index (χ4n) is 4.93. The lowest BCUT2D eigenvalue weighted by Gasteiger charge is -2.34. The largest absolute Gasteiger partial charge is 0.493 e. The maximum Gasteiger partial charge on any atom is 0.225 e. The van der Waals surface area contributed by atoms with E-state index in [4.69, 9.17) is 14.2 Å². The number of hydrogen-bond donors (Lipinski definition) is 1. The average molecular weight is 450 g/mol. The van der Waals surface area contributed by atoms with Gasteiger partial charge in [0.15, 0.2) is 17.3 Å². The molecular formula is C27H31NO5. The molecule has 1 aliphatic heterocycles. The number of hydrogen-bond acceptors (Lipinski definition) is 5. The fraction of sp³-hybridized carbons (Fsp3) is 0.407. The molecule has 0 aromatic heterocycles. The minimum atomic E-state index is -0.205. The number of carbonyl (C=O) groups is 2. The number of methoxy groups -OCH3 is 3. The number of carbonyl (C=O) groups excluding carboxylic acids is 2. The number of ether oxygens (including phenoxy) is 3. The molecule has 2 aliphatic rings. The molecule has 1 N–H and O–H groups in total. The fourth-order valence-corrected chi connectivity index (χ4v) is 4.93. The number of rotatable bonds is 6. The first-order valence-electron chi connectivity index (χ1n) is 11.3. The van der Waals surface area contributed by atoms with E-state index in [-0.39, 0.29) is 23.5 Å². The molecule has 1 heterocycles. The van der Waals surface area contributed by atoms with Crippen LogP contribution in [0.4, 0.5) is 0 Å². The van der Waals surface area contributed by atoms with E-state index in [2.05, 4.69) is 43.4 Å². The molecule has 2 unspecified atom stereocenters. The van der Waals surface area contributed by atoms with Gasteiger partial charge < -0.3 is 19.5 Å². The summed E-state index contributed by atoms with van der Waals surface area (Å²) < 4.78 is 16.4. The zero-order valence-electron chi connectivity index (χ0n) is 19.9. The summed E-state index contributed by atoms with van der Waals surface area (Å²) in [5.74, 6) is 1.78. The van der Waals surface area contributed by atoms with E-state index >= 15 is 0 Å². The van der Waals surface area contributed by atoms with E-state index in [1.54, 1.807) is 21.3 Å². The van der Waals surface area contributed by atoms with Gasteiger partial charge in [0.25, 0.3) is 0 Å². The molecule has 0 saturated heterocycles. The summed E-state index contributed by atoms with van der Waals surface area (Å²) in [6, 6.07) is 12.1. The van der Waals surface area contributed by atoms with Gasteiger partial charge in [-0.05, 0) is 47.1 Å². The zero-order chi connectivity index (χ0) is 23.7. The molecule has 0 saturated carbocycles. The van der Waals surface area contributed by atoms with Gasteiger partial charge in [-0.25, -0.2) is 0 Å². The van der Waals surface area contributed by atoms with Crippen molar-refractivity contribution in [3.05, 3.63) is 64.4 Å². The first-order valence-corrected chi connectivity index (χ1v) is 11.3. The van der Waals surface area contributed by atoms with Gasteiger partial charge >= 0.3 is 0 Å². The van der Waals surface area contributed by atoms with Crippen LogP contribution < -0.4 is 19.5 Å². The summed E-state index contributed by atoms with van der Waals surface area (Å²) in [6.07, 6.45) is 1.24. The molecule has 2 aromatic rings. The Morgan fingerprint density at radius 2 is 1.48 bits per heavy atom. The van der Waals surface area contributed by atoms with Gasteiger partial charge in [0, 0.05) is 30.0 Å². The van der Waals surface area contributed by atoms with Crippen molar-refractivity contribution in [3.8, 4) is 17.2 Å². The van der Waals surface area contributed by atoms with Crippen LogP contribution in [-0.2, 0) is 9.59 Å². The first kappa shape index (κ1) is 22.9. The number of amides is 1. The van der Waals surface area contributed by atoms with Gasteiger partial charge in [-0.15, -0.1) is 0 Å². The van der Waals surface area contributed by atoms with Crippen LogP contribution in [0.25, 0.3) is 0 Å². The van der Waals surface area contributed by atoms with Crippen molar-refractivity contribution in [2.24, 2.45) is 0 Å². The van der Waals surface area contributed by atoms with Crippen LogP contribution in [0, 0.1) is 0 Å².